The van der Waals surface area contributed by atoms with E-state index in [1.807, 2.05) is 23.1 Å². The number of hydrogen-bond acceptors (Lipinski definition) is 4. The zero-order chi connectivity index (χ0) is 20.7. The lowest BCUT2D eigenvalue weighted by atomic mass is 9.90. The summed E-state index contributed by atoms with van der Waals surface area (Å²) in [5.41, 5.74) is 3.19. The smallest absolute Gasteiger partial charge is 0.321 e. The summed E-state index contributed by atoms with van der Waals surface area (Å²) in [5, 5.41) is 2.94. The number of benzene rings is 2. The second-order valence-corrected chi connectivity index (χ2v) is 9.57. The Morgan fingerprint density at radius 3 is 2.40 bits per heavy atom. The van der Waals surface area contributed by atoms with Crippen molar-refractivity contribution in [2.24, 2.45) is 0 Å². The number of likely N-dealkylation sites (tertiary alicyclic amines) is 1. The fourth-order valence-electron chi connectivity index (χ4n) is 4.35. The monoisotopic (exact) mass is 419 g/mol. The molecule has 2 amide bonds. The number of pyridine rings is 1. The molecular formula is C23H21N3O3S. The summed E-state index contributed by atoms with van der Waals surface area (Å²) in [4.78, 5) is 19.3. The number of aromatic nitrogens is 1. The summed E-state index contributed by atoms with van der Waals surface area (Å²) in [6.45, 7) is 1.36. The molecule has 30 heavy (non-hydrogen) atoms. The third kappa shape index (κ3) is 3.15. The number of piperidine rings is 1. The first kappa shape index (κ1) is 18.8. The van der Waals surface area contributed by atoms with Crippen molar-refractivity contribution < 1.29 is 13.2 Å². The van der Waals surface area contributed by atoms with Crippen molar-refractivity contribution in [1.82, 2.24) is 9.88 Å². The number of nitrogens with one attached hydrogen (secondary N) is 1. The topological polar surface area (TPSA) is 79.4 Å². The number of rotatable bonds is 2. The van der Waals surface area contributed by atoms with E-state index in [2.05, 4.69) is 10.3 Å². The van der Waals surface area contributed by atoms with Gasteiger partial charge in [-0.2, -0.15) is 0 Å². The lowest BCUT2D eigenvalue weighted by Gasteiger charge is -2.32. The summed E-state index contributed by atoms with van der Waals surface area (Å²) in [5.74, 6) is 0.443. The predicted molar refractivity (Wildman–Crippen MR) is 114 cm³/mol. The van der Waals surface area contributed by atoms with Crippen LogP contribution in [0.5, 0.6) is 0 Å². The largest absolute Gasteiger partial charge is 0.324 e. The van der Waals surface area contributed by atoms with Crippen LogP contribution < -0.4 is 5.32 Å². The number of amides is 2. The molecule has 3 heterocycles. The molecule has 0 bridgehead atoms. The quantitative estimate of drug-likeness (QED) is 0.525. The van der Waals surface area contributed by atoms with E-state index < -0.39 is 9.84 Å². The maximum atomic E-state index is 12.8. The van der Waals surface area contributed by atoms with Gasteiger partial charge in [-0.1, -0.05) is 18.2 Å². The van der Waals surface area contributed by atoms with E-state index in [9.17, 15) is 13.2 Å². The van der Waals surface area contributed by atoms with Gasteiger partial charge >= 0.3 is 6.03 Å². The molecule has 7 heteroatoms. The van der Waals surface area contributed by atoms with E-state index in [4.69, 9.17) is 0 Å². The maximum Gasteiger partial charge on any atom is 0.321 e. The Morgan fingerprint density at radius 1 is 0.933 bits per heavy atom. The Morgan fingerprint density at radius 2 is 1.63 bits per heavy atom. The molecule has 2 aliphatic rings. The van der Waals surface area contributed by atoms with Crippen molar-refractivity contribution in [2.45, 2.75) is 28.6 Å². The highest BCUT2D eigenvalue weighted by molar-refractivity contribution is 7.92. The summed E-state index contributed by atoms with van der Waals surface area (Å²) in [7, 11) is -3.49. The zero-order valence-corrected chi connectivity index (χ0v) is 17.1. The number of carbonyl (C=O) groups excluding carboxylic acids is 1. The summed E-state index contributed by atoms with van der Waals surface area (Å²) in [6, 6.07) is 15.9. The Labute approximate surface area is 175 Å². The SMILES string of the molecule is O=C(Nc1ccc2c(c1)-c1ccccc1S2(=O)=O)N1CCC(c2ccncc2)CC1. The van der Waals surface area contributed by atoms with Gasteiger partial charge in [-0.25, -0.2) is 13.2 Å². The fraction of sp³-hybridized carbons (Fsp3) is 0.217. The van der Waals surface area contributed by atoms with Crippen molar-refractivity contribution >= 4 is 21.6 Å². The lowest BCUT2D eigenvalue weighted by Crippen LogP contribution is -2.40. The van der Waals surface area contributed by atoms with Gasteiger partial charge in [0.2, 0.25) is 9.84 Å². The van der Waals surface area contributed by atoms with E-state index in [0.717, 1.165) is 12.8 Å². The van der Waals surface area contributed by atoms with E-state index >= 15 is 0 Å². The number of hydrogen-bond donors (Lipinski definition) is 1. The first-order valence-corrected chi connectivity index (χ1v) is 11.5. The van der Waals surface area contributed by atoms with Crippen LogP contribution in [0.1, 0.15) is 24.3 Å². The number of nitrogens with zero attached hydrogens (tertiary/aromatic N) is 2. The van der Waals surface area contributed by atoms with Gasteiger partial charge in [-0.3, -0.25) is 4.98 Å². The van der Waals surface area contributed by atoms with Gasteiger partial charge in [0.05, 0.1) is 9.79 Å². The number of carbonyl (C=O) groups is 1. The molecule has 152 valence electrons. The number of urea groups is 1. The van der Waals surface area contributed by atoms with Crippen LogP contribution in [0.4, 0.5) is 10.5 Å². The minimum absolute atomic E-state index is 0.155. The molecule has 0 radical (unpaired) electrons. The number of sulfone groups is 1. The standard InChI is InChI=1S/C23H21N3O3S/c27-23(26-13-9-17(10-14-26)16-7-11-24-12-8-16)25-18-5-6-22-20(15-18)19-3-1-2-4-21(19)30(22,28)29/h1-8,11-12,15,17H,9-10,13-14H2,(H,25,27). The number of anilines is 1. The molecular weight excluding hydrogens is 398 g/mol. The van der Waals surface area contributed by atoms with E-state index in [1.54, 1.807) is 48.8 Å². The van der Waals surface area contributed by atoms with Crippen molar-refractivity contribution in [3.05, 3.63) is 72.6 Å². The van der Waals surface area contributed by atoms with Crippen LogP contribution in [-0.4, -0.2) is 37.4 Å². The highest BCUT2D eigenvalue weighted by Crippen LogP contribution is 2.43. The summed E-state index contributed by atoms with van der Waals surface area (Å²) < 4.78 is 25.4. The molecule has 2 aliphatic heterocycles. The van der Waals surface area contributed by atoms with Gasteiger partial charge in [0.1, 0.15) is 0 Å². The van der Waals surface area contributed by atoms with Crippen LogP contribution >= 0.6 is 0 Å². The molecule has 2 aromatic carbocycles. The van der Waals surface area contributed by atoms with Gasteiger partial charge in [0.15, 0.2) is 0 Å². The Kier molecular flexibility index (Phi) is 4.55. The highest BCUT2D eigenvalue weighted by atomic mass is 32.2. The molecule has 0 aliphatic carbocycles. The summed E-state index contributed by atoms with van der Waals surface area (Å²) in [6.07, 6.45) is 5.43. The van der Waals surface area contributed by atoms with E-state index in [-0.39, 0.29) is 6.03 Å². The molecule has 0 unspecified atom stereocenters. The van der Waals surface area contributed by atoms with Crippen LogP contribution in [0.15, 0.2) is 76.8 Å². The molecule has 6 nitrogen and oxygen atoms in total. The van der Waals surface area contributed by atoms with Crippen molar-refractivity contribution in [1.29, 1.82) is 0 Å². The molecule has 1 fully saturated rings. The fourth-order valence-corrected chi connectivity index (χ4v) is 6.02. The van der Waals surface area contributed by atoms with Crippen LogP contribution in [-0.2, 0) is 9.84 Å². The highest BCUT2D eigenvalue weighted by Gasteiger charge is 2.33. The third-order valence-corrected chi connectivity index (χ3v) is 7.82. The van der Waals surface area contributed by atoms with Crippen molar-refractivity contribution in [3.63, 3.8) is 0 Å². The van der Waals surface area contributed by atoms with Crippen LogP contribution in [0.25, 0.3) is 11.1 Å². The average molecular weight is 420 g/mol. The Balaban J connectivity index is 1.31. The van der Waals surface area contributed by atoms with E-state index in [1.165, 1.54) is 5.56 Å². The molecule has 1 aromatic heterocycles. The van der Waals surface area contributed by atoms with Crippen molar-refractivity contribution in [2.75, 3.05) is 18.4 Å². The molecule has 0 spiro atoms. The molecule has 1 saturated heterocycles. The normalized spacial score (nSPS) is 17.3. The molecule has 1 N–H and O–H groups in total. The zero-order valence-electron chi connectivity index (χ0n) is 16.3. The minimum Gasteiger partial charge on any atom is -0.324 e. The predicted octanol–water partition coefficient (Wildman–Crippen LogP) is 4.31. The van der Waals surface area contributed by atoms with Gasteiger partial charge in [-0.05, 0) is 60.7 Å². The second-order valence-electron chi connectivity index (χ2n) is 7.68. The van der Waals surface area contributed by atoms with Gasteiger partial charge < -0.3 is 10.2 Å². The maximum absolute atomic E-state index is 12.8. The second kappa shape index (κ2) is 7.25. The van der Waals surface area contributed by atoms with Gasteiger partial charge in [-0.15, -0.1) is 0 Å². The van der Waals surface area contributed by atoms with Crippen LogP contribution in [0.2, 0.25) is 0 Å². The summed E-state index contributed by atoms with van der Waals surface area (Å²) >= 11 is 0. The molecule has 3 aromatic rings. The van der Waals surface area contributed by atoms with Crippen LogP contribution in [0.3, 0.4) is 0 Å². The number of fused-ring (bicyclic) bond motifs is 3. The van der Waals surface area contributed by atoms with Gasteiger partial charge in [0.25, 0.3) is 0 Å². The minimum atomic E-state index is -3.49. The van der Waals surface area contributed by atoms with E-state index in [0.29, 0.717) is 45.6 Å². The lowest BCUT2D eigenvalue weighted by molar-refractivity contribution is 0.194. The van der Waals surface area contributed by atoms with Crippen molar-refractivity contribution in [3.8, 4) is 11.1 Å². The molecule has 0 atom stereocenters. The first-order valence-electron chi connectivity index (χ1n) is 9.98. The average Bonchev–Trinajstić information content (AvgIpc) is 3.01. The Bertz CT molecular complexity index is 1220. The van der Waals surface area contributed by atoms with Gasteiger partial charge in [0, 0.05) is 42.3 Å². The first-order chi connectivity index (χ1) is 14.5. The molecule has 5 rings (SSSR count). The third-order valence-electron chi connectivity index (χ3n) is 5.95. The molecule has 0 saturated carbocycles. The van der Waals surface area contributed by atoms with Crippen LogP contribution in [0, 0.1) is 0 Å². The Hall–Kier alpha value is -3.19.